The molecule has 5 heteroatoms. The number of halogens is 1. The number of H-pyrrole nitrogens is 1. The van der Waals surface area contributed by atoms with Gasteiger partial charge in [0.2, 0.25) is 0 Å². The zero-order valence-corrected chi connectivity index (χ0v) is 13.3. The summed E-state index contributed by atoms with van der Waals surface area (Å²) in [5.41, 5.74) is 1.90. The lowest BCUT2D eigenvalue weighted by atomic mass is 10.0. The molecule has 2 atom stereocenters. The number of aromatic nitrogens is 1. The van der Waals surface area contributed by atoms with Crippen molar-refractivity contribution in [3.8, 4) is 0 Å². The van der Waals surface area contributed by atoms with Crippen molar-refractivity contribution in [3.05, 3.63) is 71.7 Å². The van der Waals surface area contributed by atoms with Crippen molar-refractivity contribution in [2.45, 2.75) is 25.5 Å². The molecule has 0 aliphatic heterocycles. The van der Waals surface area contributed by atoms with Gasteiger partial charge in [-0.3, -0.25) is 4.79 Å². The van der Waals surface area contributed by atoms with Crippen molar-refractivity contribution >= 4 is 16.8 Å². The molecular weight excluding hydrogens is 307 g/mol. The van der Waals surface area contributed by atoms with Gasteiger partial charge in [-0.2, -0.15) is 0 Å². The Balaban J connectivity index is 1.64. The molecule has 0 aliphatic rings. The molecule has 1 aromatic heterocycles. The number of carbonyl (C=O) groups excluding carboxylic acids is 1. The number of aromatic amines is 1. The number of benzene rings is 2. The predicted molar refractivity (Wildman–Crippen MR) is 91.2 cm³/mol. The maximum atomic E-state index is 13.2. The minimum absolute atomic E-state index is 0.212. The van der Waals surface area contributed by atoms with E-state index in [0.717, 1.165) is 5.56 Å². The number of aliphatic hydroxyl groups excluding tert-OH is 1. The average molecular weight is 326 g/mol. The van der Waals surface area contributed by atoms with E-state index in [1.807, 2.05) is 37.3 Å². The molecule has 0 radical (unpaired) electrons. The number of aliphatic hydroxyl groups is 1. The first-order valence-corrected chi connectivity index (χ1v) is 7.85. The summed E-state index contributed by atoms with van der Waals surface area (Å²) in [6, 6.07) is 15.1. The van der Waals surface area contributed by atoms with Crippen LogP contribution in [0.2, 0.25) is 0 Å². The van der Waals surface area contributed by atoms with E-state index in [2.05, 4.69) is 10.3 Å². The summed E-state index contributed by atoms with van der Waals surface area (Å²) in [6.07, 6.45) is -0.233. The lowest BCUT2D eigenvalue weighted by Crippen LogP contribution is -2.33. The molecule has 0 fully saturated rings. The highest BCUT2D eigenvalue weighted by atomic mass is 19.1. The predicted octanol–water partition coefficient (Wildman–Crippen LogP) is 3.55. The van der Waals surface area contributed by atoms with E-state index in [-0.39, 0.29) is 17.8 Å². The van der Waals surface area contributed by atoms with E-state index >= 15 is 0 Å². The number of fused-ring (bicyclic) bond motifs is 1. The molecule has 0 saturated carbocycles. The average Bonchev–Trinajstić information content (AvgIpc) is 2.98. The molecule has 24 heavy (non-hydrogen) atoms. The molecule has 2 aromatic carbocycles. The van der Waals surface area contributed by atoms with Gasteiger partial charge in [-0.05, 0) is 43.2 Å². The quantitative estimate of drug-likeness (QED) is 0.671. The number of hydrogen-bond acceptors (Lipinski definition) is 2. The summed E-state index contributed by atoms with van der Waals surface area (Å²) in [5.74, 6) is -0.618. The Labute approximate surface area is 139 Å². The topological polar surface area (TPSA) is 65.1 Å². The van der Waals surface area contributed by atoms with Gasteiger partial charge in [-0.1, -0.05) is 30.3 Å². The van der Waals surface area contributed by atoms with Crippen molar-refractivity contribution in [2.75, 3.05) is 0 Å². The molecule has 124 valence electrons. The third-order valence-electron chi connectivity index (χ3n) is 3.97. The summed E-state index contributed by atoms with van der Waals surface area (Å²) >= 11 is 0. The molecule has 3 N–H and O–H groups in total. The second kappa shape index (κ2) is 6.84. The largest absolute Gasteiger partial charge is 0.388 e. The van der Waals surface area contributed by atoms with Gasteiger partial charge < -0.3 is 15.4 Å². The molecule has 4 nitrogen and oxygen atoms in total. The van der Waals surface area contributed by atoms with Gasteiger partial charge in [0.25, 0.3) is 5.91 Å². The molecule has 0 saturated heterocycles. The Bertz CT molecular complexity index is 845. The van der Waals surface area contributed by atoms with Crippen molar-refractivity contribution in [1.82, 2.24) is 10.3 Å². The third-order valence-corrected chi connectivity index (χ3v) is 3.97. The number of nitrogens with one attached hydrogen (secondary N) is 2. The molecule has 2 unspecified atom stereocenters. The Morgan fingerprint density at radius 1 is 1.21 bits per heavy atom. The number of rotatable bonds is 5. The van der Waals surface area contributed by atoms with Crippen LogP contribution in [0.25, 0.3) is 10.9 Å². The van der Waals surface area contributed by atoms with Crippen molar-refractivity contribution in [1.29, 1.82) is 0 Å². The summed E-state index contributed by atoms with van der Waals surface area (Å²) in [4.78, 5) is 15.3. The lowest BCUT2D eigenvalue weighted by Gasteiger charge is -2.18. The summed E-state index contributed by atoms with van der Waals surface area (Å²) in [6.45, 7) is 1.84. The number of amides is 1. The van der Waals surface area contributed by atoms with Gasteiger partial charge in [0.05, 0.1) is 6.10 Å². The van der Waals surface area contributed by atoms with Crippen molar-refractivity contribution in [3.63, 3.8) is 0 Å². The second-order valence-electron chi connectivity index (χ2n) is 5.95. The van der Waals surface area contributed by atoms with E-state index in [9.17, 15) is 14.3 Å². The van der Waals surface area contributed by atoms with Gasteiger partial charge in [-0.25, -0.2) is 4.39 Å². The fraction of sp³-hybridized carbons (Fsp3) is 0.211. The first kappa shape index (κ1) is 16.2. The van der Waals surface area contributed by atoms with Crippen LogP contribution in [-0.2, 0) is 0 Å². The van der Waals surface area contributed by atoms with Gasteiger partial charge >= 0.3 is 0 Å². The van der Waals surface area contributed by atoms with Crippen LogP contribution in [0.3, 0.4) is 0 Å². The van der Waals surface area contributed by atoms with E-state index in [4.69, 9.17) is 0 Å². The van der Waals surface area contributed by atoms with Crippen LogP contribution < -0.4 is 5.32 Å². The Kier molecular flexibility index (Phi) is 4.62. The molecule has 0 bridgehead atoms. The fourth-order valence-corrected chi connectivity index (χ4v) is 2.73. The first-order chi connectivity index (χ1) is 11.5. The first-order valence-electron chi connectivity index (χ1n) is 7.85. The summed E-state index contributed by atoms with van der Waals surface area (Å²) in [5, 5.41) is 13.7. The van der Waals surface area contributed by atoms with E-state index in [1.165, 1.54) is 12.1 Å². The summed E-state index contributed by atoms with van der Waals surface area (Å²) < 4.78 is 13.2. The molecule has 3 rings (SSSR count). The fourth-order valence-electron chi connectivity index (χ4n) is 2.73. The molecule has 0 aliphatic carbocycles. The number of carbonyl (C=O) groups is 1. The van der Waals surface area contributed by atoms with Crippen LogP contribution >= 0.6 is 0 Å². The molecule has 0 spiro atoms. The van der Waals surface area contributed by atoms with Crippen molar-refractivity contribution < 1.29 is 14.3 Å². The highest BCUT2D eigenvalue weighted by Gasteiger charge is 2.16. The van der Waals surface area contributed by atoms with Crippen LogP contribution in [0.4, 0.5) is 4.39 Å². The van der Waals surface area contributed by atoms with Crippen LogP contribution in [0, 0.1) is 5.82 Å². The normalized spacial score (nSPS) is 13.6. The van der Waals surface area contributed by atoms with Crippen LogP contribution in [-0.4, -0.2) is 22.0 Å². The summed E-state index contributed by atoms with van der Waals surface area (Å²) in [7, 11) is 0. The minimum atomic E-state index is -0.640. The SMILES string of the molecule is CC(CC(O)c1ccccc1)NC(=O)c1cc2cc(F)ccc2[nH]1. The Morgan fingerprint density at radius 2 is 1.96 bits per heavy atom. The Hall–Kier alpha value is -2.66. The smallest absolute Gasteiger partial charge is 0.267 e. The number of hydrogen-bond donors (Lipinski definition) is 3. The van der Waals surface area contributed by atoms with Gasteiger partial charge in [0, 0.05) is 16.9 Å². The van der Waals surface area contributed by atoms with Gasteiger partial charge in [0.15, 0.2) is 0 Å². The Morgan fingerprint density at radius 3 is 2.71 bits per heavy atom. The maximum absolute atomic E-state index is 13.2. The molecular formula is C19H19FN2O2. The van der Waals surface area contributed by atoms with E-state index < -0.39 is 6.10 Å². The van der Waals surface area contributed by atoms with E-state index in [0.29, 0.717) is 23.0 Å². The van der Waals surface area contributed by atoms with Crippen LogP contribution in [0.1, 0.15) is 35.5 Å². The van der Waals surface area contributed by atoms with E-state index in [1.54, 1.807) is 12.1 Å². The standard InChI is InChI=1S/C19H19FN2O2/c1-12(9-18(23)13-5-3-2-4-6-13)21-19(24)17-11-14-10-15(20)7-8-16(14)22-17/h2-8,10-12,18,22-23H,9H2,1H3,(H,21,24). The maximum Gasteiger partial charge on any atom is 0.267 e. The minimum Gasteiger partial charge on any atom is -0.388 e. The lowest BCUT2D eigenvalue weighted by molar-refractivity contribution is 0.0913. The van der Waals surface area contributed by atoms with Crippen LogP contribution in [0.5, 0.6) is 0 Å². The van der Waals surface area contributed by atoms with Crippen molar-refractivity contribution in [2.24, 2.45) is 0 Å². The molecule has 1 heterocycles. The molecule has 1 amide bonds. The zero-order chi connectivity index (χ0) is 17.1. The second-order valence-corrected chi connectivity index (χ2v) is 5.95. The highest BCUT2D eigenvalue weighted by Crippen LogP contribution is 2.19. The van der Waals surface area contributed by atoms with Crippen LogP contribution in [0.15, 0.2) is 54.6 Å². The third kappa shape index (κ3) is 3.63. The zero-order valence-electron chi connectivity index (χ0n) is 13.3. The van der Waals surface area contributed by atoms with Gasteiger partial charge in [-0.15, -0.1) is 0 Å². The highest BCUT2D eigenvalue weighted by molar-refractivity contribution is 5.98. The monoisotopic (exact) mass is 326 g/mol. The molecule has 3 aromatic rings. The van der Waals surface area contributed by atoms with Gasteiger partial charge in [0.1, 0.15) is 11.5 Å².